The largest absolute Gasteiger partial charge is 0.429 e. The maximum atomic E-state index is 14.2. The number of alkyl halides is 1. The second kappa shape index (κ2) is 9.63. The Hall–Kier alpha value is -3.37. The highest BCUT2D eigenvalue weighted by molar-refractivity contribution is 6.30. The van der Waals surface area contributed by atoms with Gasteiger partial charge in [-0.15, -0.1) is 0 Å². The van der Waals surface area contributed by atoms with E-state index in [2.05, 4.69) is 10.6 Å². The van der Waals surface area contributed by atoms with Crippen LogP contribution in [0.4, 0.5) is 24.1 Å². The summed E-state index contributed by atoms with van der Waals surface area (Å²) in [5.74, 6) is -0.509. The molecule has 1 fully saturated rings. The number of carbonyl (C=O) groups is 2. The van der Waals surface area contributed by atoms with Gasteiger partial charge in [0.25, 0.3) is 0 Å². The van der Waals surface area contributed by atoms with E-state index < -0.39 is 30.2 Å². The van der Waals surface area contributed by atoms with E-state index in [0.29, 0.717) is 22.2 Å². The van der Waals surface area contributed by atoms with Gasteiger partial charge in [0.15, 0.2) is 0 Å². The molecule has 174 valence electrons. The first-order valence-electron chi connectivity index (χ1n) is 10.3. The van der Waals surface area contributed by atoms with Gasteiger partial charge in [0, 0.05) is 36.5 Å². The van der Waals surface area contributed by atoms with Crippen molar-refractivity contribution < 1.29 is 23.2 Å². The fourth-order valence-corrected chi connectivity index (χ4v) is 4.16. The summed E-state index contributed by atoms with van der Waals surface area (Å²) in [5.41, 5.74) is 6.40. The second-order valence-corrected chi connectivity index (χ2v) is 8.12. The summed E-state index contributed by atoms with van der Waals surface area (Å²) in [4.78, 5) is 30.5. The molecule has 2 heterocycles. The minimum atomic E-state index is -1.18. The Bertz CT molecular complexity index is 1190. The quantitative estimate of drug-likeness (QED) is 0.504. The van der Waals surface area contributed by atoms with Gasteiger partial charge in [0.05, 0.1) is 29.0 Å². The van der Waals surface area contributed by atoms with E-state index in [1.54, 1.807) is 36.4 Å². The molecule has 2 aromatic carbocycles. The number of rotatable bonds is 6. The van der Waals surface area contributed by atoms with Gasteiger partial charge in [-0.3, -0.25) is 0 Å². The predicted octanol–water partition coefficient (Wildman–Crippen LogP) is 3.68. The third-order valence-corrected chi connectivity index (χ3v) is 5.75. The summed E-state index contributed by atoms with van der Waals surface area (Å²) in [6, 6.07) is 10.7. The number of anilines is 1. The summed E-state index contributed by atoms with van der Waals surface area (Å²) in [7, 11) is 0. The zero-order valence-electron chi connectivity index (χ0n) is 17.4. The van der Waals surface area contributed by atoms with Crippen LogP contribution in [0.2, 0.25) is 5.02 Å². The Morgan fingerprint density at radius 3 is 2.79 bits per heavy atom. The number of likely N-dealkylation sites (tertiary alicyclic amines) is 1. The van der Waals surface area contributed by atoms with E-state index in [1.165, 1.54) is 17.2 Å². The minimum absolute atomic E-state index is 0.0273. The van der Waals surface area contributed by atoms with Crippen LogP contribution in [0.15, 0.2) is 48.7 Å². The van der Waals surface area contributed by atoms with Crippen molar-refractivity contribution in [3.63, 3.8) is 0 Å². The van der Waals surface area contributed by atoms with E-state index in [-0.39, 0.29) is 31.1 Å². The second-order valence-electron chi connectivity index (χ2n) is 7.71. The zero-order valence-corrected chi connectivity index (χ0v) is 18.2. The van der Waals surface area contributed by atoms with Crippen molar-refractivity contribution in [3.05, 3.63) is 65.1 Å². The Morgan fingerprint density at radius 1 is 1.21 bits per heavy atom. The summed E-state index contributed by atoms with van der Waals surface area (Å²) in [5, 5.41) is 6.48. The number of hydrogen-bond acceptors (Lipinski definition) is 4. The number of amides is 3. The number of nitrogens with one attached hydrogen (secondary N) is 2. The number of carbonyl (C=O) groups excluding carboxylic acids is 2. The molecule has 11 heteroatoms. The maximum absolute atomic E-state index is 14.2. The topological polar surface area (TPSA) is 102 Å². The smallest absolute Gasteiger partial charge is 0.333 e. The van der Waals surface area contributed by atoms with E-state index in [0.717, 1.165) is 4.73 Å². The summed E-state index contributed by atoms with van der Waals surface area (Å²) in [6.07, 6.45) is -0.600. The van der Waals surface area contributed by atoms with Crippen molar-refractivity contribution in [3.8, 4) is 0 Å². The van der Waals surface area contributed by atoms with Crippen LogP contribution in [-0.2, 0) is 6.54 Å². The average molecular weight is 478 g/mol. The molecule has 3 aromatic rings. The summed E-state index contributed by atoms with van der Waals surface area (Å²) in [6.45, 7) is 0.389. The van der Waals surface area contributed by atoms with E-state index in [9.17, 15) is 18.4 Å². The minimum Gasteiger partial charge on any atom is -0.333 e. The molecule has 1 aliphatic heterocycles. The van der Waals surface area contributed by atoms with Crippen molar-refractivity contribution in [1.82, 2.24) is 14.9 Å². The number of benzene rings is 2. The van der Waals surface area contributed by atoms with Crippen LogP contribution in [0.25, 0.3) is 10.9 Å². The molecule has 0 aliphatic carbocycles. The lowest BCUT2D eigenvalue weighted by molar-refractivity contribution is 0.149. The molecule has 1 aromatic heterocycles. The van der Waals surface area contributed by atoms with Crippen LogP contribution >= 0.6 is 11.6 Å². The molecule has 0 unspecified atom stereocenters. The lowest BCUT2D eigenvalue weighted by Gasteiger charge is -2.25. The van der Waals surface area contributed by atoms with Gasteiger partial charge < -0.3 is 26.1 Å². The van der Waals surface area contributed by atoms with Gasteiger partial charge in [-0.25, -0.2) is 18.4 Å². The van der Waals surface area contributed by atoms with E-state index >= 15 is 0 Å². The highest BCUT2D eigenvalue weighted by Crippen LogP contribution is 2.27. The number of nitrogens with zero attached hydrogens (tertiary/aromatic N) is 2. The van der Waals surface area contributed by atoms with Crippen molar-refractivity contribution in [2.75, 3.05) is 18.4 Å². The lowest BCUT2D eigenvalue weighted by atomic mass is 10.2. The van der Waals surface area contributed by atoms with Crippen molar-refractivity contribution in [2.45, 2.75) is 25.2 Å². The van der Waals surface area contributed by atoms with E-state index in [4.69, 9.17) is 22.2 Å². The molecule has 8 nitrogen and oxygen atoms in total. The number of urea groups is 1. The Morgan fingerprint density at radius 2 is 2.00 bits per heavy atom. The fourth-order valence-electron chi connectivity index (χ4n) is 3.97. The number of primary amides is 1. The molecule has 0 radical (unpaired) electrons. The molecule has 3 amide bonds. The third kappa shape index (κ3) is 5.01. The molecule has 1 saturated heterocycles. The third-order valence-electron chi connectivity index (χ3n) is 5.46. The number of aromatic nitrogens is 1. The highest BCUT2D eigenvalue weighted by atomic mass is 35.5. The van der Waals surface area contributed by atoms with Crippen LogP contribution in [-0.4, -0.2) is 47.1 Å². The van der Waals surface area contributed by atoms with Crippen LogP contribution in [0.3, 0.4) is 0 Å². The molecular weight excluding hydrogens is 456 g/mol. The van der Waals surface area contributed by atoms with Gasteiger partial charge in [-0.1, -0.05) is 41.9 Å². The molecule has 2 atom stereocenters. The van der Waals surface area contributed by atoms with Crippen LogP contribution in [0, 0.1) is 5.82 Å². The van der Waals surface area contributed by atoms with Gasteiger partial charge >= 0.3 is 12.1 Å². The van der Waals surface area contributed by atoms with Crippen LogP contribution in [0.1, 0.15) is 12.0 Å². The van der Waals surface area contributed by atoms with Crippen LogP contribution < -0.4 is 21.2 Å². The molecule has 33 heavy (non-hydrogen) atoms. The Balaban J connectivity index is 1.45. The number of nitrogens with two attached hydrogens (primary N) is 1. The van der Waals surface area contributed by atoms with Crippen molar-refractivity contribution >= 4 is 40.3 Å². The lowest BCUT2D eigenvalue weighted by Crippen LogP contribution is -2.43. The Labute approximate surface area is 193 Å². The number of halogens is 3. The van der Waals surface area contributed by atoms with Crippen molar-refractivity contribution in [1.29, 1.82) is 0 Å². The molecule has 4 rings (SSSR count). The number of fused-ring (bicyclic) bond motifs is 1. The average Bonchev–Trinajstić information content (AvgIpc) is 3.31. The first kappa shape index (κ1) is 22.8. The first-order valence-corrected chi connectivity index (χ1v) is 10.6. The molecule has 0 bridgehead atoms. The number of hydrogen-bond donors (Lipinski definition) is 3. The van der Waals surface area contributed by atoms with Gasteiger partial charge in [-0.05, 0) is 12.1 Å². The van der Waals surface area contributed by atoms with Gasteiger partial charge in [-0.2, -0.15) is 4.73 Å². The van der Waals surface area contributed by atoms with Crippen LogP contribution in [0.5, 0.6) is 0 Å². The Kier molecular flexibility index (Phi) is 6.66. The molecule has 0 spiro atoms. The van der Waals surface area contributed by atoms with Crippen molar-refractivity contribution in [2.24, 2.45) is 5.73 Å². The fraction of sp³-hybridized carbons (Fsp3) is 0.273. The monoisotopic (exact) mass is 477 g/mol. The SMILES string of the molecule is NC(=O)On1cc(NC(=O)N2C[C@H](F)C[C@H]2CNCc2cccc(Cl)c2F)c2ccccc21. The molecular formula is C22H22ClF2N5O3. The normalized spacial score (nSPS) is 18.0. The molecule has 0 saturated carbocycles. The molecule has 1 aliphatic rings. The predicted molar refractivity (Wildman–Crippen MR) is 120 cm³/mol. The standard InChI is InChI=1S/C22H22ClF2N5O3/c23-17-6-3-4-13(20(17)25)9-27-10-15-8-14(24)11-29(15)22(32)28-18-12-30(33-21(26)31)19-7-2-1-5-16(18)19/h1-7,12,14-15,27H,8-11H2,(H2,26,31)(H,28,32)/t14-,15+/m1/s1. The first-order chi connectivity index (χ1) is 15.8. The van der Waals surface area contributed by atoms with E-state index in [1.807, 2.05) is 0 Å². The van der Waals surface area contributed by atoms with Gasteiger partial charge in [0.1, 0.15) is 12.0 Å². The summed E-state index contributed by atoms with van der Waals surface area (Å²) < 4.78 is 29.4. The van der Waals surface area contributed by atoms with Gasteiger partial charge in [0.2, 0.25) is 0 Å². The maximum Gasteiger partial charge on any atom is 0.429 e. The summed E-state index contributed by atoms with van der Waals surface area (Å²) >= 11 is 5.80. The zero-order chi connectivity index (χ0) is 23.5. The highest BCUT2D eigenvalue weighted by Gasteiger charge is 2.35. The number of para-hydroxylation sites is 1. The molecule has 4 N–H and O–H groups in total.